The summed E-state index contributed by atoms with van der Waals surface area (Å²) in [5.74, 6) is 1.08. The van der Waals surface area contributed by atoms with E-state index in [2.05, 4.69) is 15.9 Å². The molecule has 0 saturated heterocycles. The minimum absolute atomic E-state index is 0.0897. The summed E-state index contributed by atoms with van der Waals surface area (Å²) in [6.45, 7) is 0.275. The monoisotopic (exact) mass is 370 g/mol. The summed E-state index contributed by atoms with van der Waals surface area (Å²) in [7, 11) is -1.43. The molecule has 0 fully saturated rings. The molecule has 0 aliphatic carbocycles. The van der Waals surface area contributed by atoms with Crippen molar-refractivity contribution in [3.05, 3.63) is 22.7 Å². The van der Waals surface area contributed by atoms with Crippen molar-refractivity contribution in [2.45, 2.75) is 11.8 Å². The van der Waals surface area contributed by atoms with Crippen LogP contribution in [0.15, 0.2) is 12.1 Å². The van der Waals surface area contributed by atoms with E-state index in [1.54, 1.807) is 6.07 Å². The van der Waals surface area contributed by atoms with Crippen molar-refractivity contribution < 1.29 is 17.9 Å². The summed E-state index contributed by atoms with van der Waals surface area (Å²) < 4.78 is 32.7. The molecule has 0 aliphatic rings. The van der Waals surface area contributed by atoms with Crippen LogP contribution in [0.3, 0.4) is 0 Å². The first-order valence-corrected chi connectivity index (χ1v) is 9.16. The third kappa shape index (κ3) is 5.58. The molecule has 1 aromatic rings. The van der Waals surface area contributed by atoms with Crippen LogP contribution in [0.1, 0.15) is 12.0 Å². The van der Waals surface area contributed by atoms with Gasteiger partial charge in [-0.1, -0.05) is 27.5 Å². The fourth-order valence-corrected chi connectivity index (χ4v) is 2.74. The van der Waals surface area contributed by atoms with Crippen LogP contribution in [0.25, 0.3) is 0 Å². The molecule has 1 aromatic carbocycles. The molecule has 0 N–H and O–H groups in total. The van der Waals surface area contributed by atoms with E-state index in [0.717, 1.165) is 5.56 Å². The topological polar surface area (TPSA) is 52.6 Å². The third-order valence-corrected chi connectivity index (χ3v) is 4.31. The maximum absolute atomic E-state index is 11.0. The Morgan fingerprint density at radius 2 is 2.05 bits per heavy atom. The zero-order chi connectivity index (χ0) is 14.5. The normalized spacial score (nSPS) is 11.4. The van der Waals surface area contributed by atoms with Gasteiger partial charge < -0.3 is 9.47 Å². The van der Waals surface area contributed by atoms with Crippen LogP contribution >= 0.6 is 27.5 Å². The lowest BCUT2D eigenvalue weighted by Crippen LogP contribution is -2.08. The maximum Gasteiger partial charge on any atom is 0.179 e. The molecule has 4 nitrogen and oxygen atoms in total. The number of ether oxygens (including phenoxy) is 2. The van der Waals surface area contributed by atoms with Gasteiger partial charge >= 0.3 is 0 Å². The number of rotatable bonds is 7. The smallest absolute Gasteiger partial charge is 0.179 e. The molecule has 0 spiro atoms. The van der Waals surface area contributed by atoms with Gasteiger partial charge in [0.15, 0.2) is 11.5 Å². The highest BCUT2D eigenvalue weighted by atomic mass is 79.9. The lowest BCUT2D eigenvalue weighted by atomic mass is 10.2. The fourth-order valence-electron chi connectivity index (χ4n) is 1.49. The predicted octanol–water partition coefficient (Wildman–Crippen LogP) is 3.06. The molecule has 19 heavy (non-hydrogen) atoms. The highest BCUT2D eigenvalue weighted by Crippen LogP contribution is 2.37. The number of sulfone groups is 1. The molecule has 0 saturated carbocycles. The second kappa shape index (κ2) is 7.36. The lowest BCUT2D eigenvalue weighted by molar-refractivity contribution is 0.294. The molecule has 0 bridgehead atoms. The summed E-state index contributed by atoms with van der Waals surface area (Å²) in [6, 6.07) is 3.61. The largest absolute Gasteiger partial charge is 0.493 e. The Hall–Kier alpha value is -0.460. The van der Waals surface area contributed by atoms with Crippen LogP contribution < -0.4 is 9.47 Å². The summed E-state index contributed by atoms with van der Waals surface area (Å²) >= 11 is 9.46. The van der Waals surface area contributed by atoms with E-state index in [1.807, 2.05) is 6.07 Å². The first-order valence-electron chi connectivity index (χ1n) is 5.60. The summed E-state index contributed by atoms with van der Waals surface area (Å²) in [5, 5.41) is 1.12. The van der Waals surface area contributed by atoms with E-state index >= 15 is 0 Å². The van der Waals surface area contributed by atoms with E-state index in [0.29, 0.717) is 28.3 Å². The van der Waals surface area contributed by atoms with Gasteiger partial charge in [0.2, 0.25) is 0 Å². The molecule has 7 heteroatoms. The zero-order valence-electron chi connectivity index (χ0n) is 10.8. The van der Waals surface area contributed by atoms with Crippen LogP contribution in [0.4, 0.5) is 0 Å². The van der Waals surface area contributed by atoms with Crippen molar-refractivity contribution in [3.8, 4) is 11.5 Å². The molecular weight excluding hydrogens is 356 g/mol. The zero-order valence-corrected chi connectivity index (χ0v) is 13.9. The van der Waals surface area contributed by atoms with Crippen LogP contribution in [0.2, 0.25) is 5.02 Å². The third-order valence-electron chi connectivity index (χ3n) is 2.35. The van der Waals surface area contributed by atoms with Gasteiger partial charge in [-0.05, 0) is 24.1 Å². The highest BCUT2D eigenvalue weighted by Gasteiger charge is 2.12. The van der Waals surface area contributed by atoms with Crippen molar-refractivity contribution in [2.75, 3.05) is 25.7 Å². The Labute approximate surface area is 127 Å². The van der Waals surface area contributed by atoms with Gasteiger partial charge in [-0.3, -0.25) is 0 Å². The minimum Gasteiger partial charge on any atom is -0.493 e. The number of methoxy groups -OCH3 is 1. The number of alkyl halides is 1. The van der Waals surface area contributed by atoms with Gasteiger partial charge in [0.1, 0.15) is 9.84 Å². The second-order valence-electron chi connectivity index (χ2n) is 4.07. The second-order valence-corrected chi connectivity index (χ2v) is 7.30. The van der Waals surface area contributed by atoms with E-state index in [9.17, 15) is 8.42 Å². The van der Waals surface area contributed by atoms with Gasteiger partial charge in [-0.25, -0.2) is 8.42 Å². The Kier molecular flexibility index (Phi) is 6.42. The van der Waals surface area contributed by atoms with Crippen molar-refractivity contribution in [2.24, 2.45) is 0 Å². The number of benzene rings is 1. The summed E-state index contributed by atoms with van der Waals surface area (Å²) in [5.41, 5.74) is 0.977. The molecule has 0 unspecified atom stereocenters. The Morgan fingerprint density at radius 1 is 1.37 bits per heavy atom. The SMILES string of the molecule is COc1cc(CBr)cc(Cl)c1OCCCS(C)(=O)=O. The van der Waals surface area contributed by atoms with Crippen LogP contribution in [-0.4, -0.2) is 34.1 Å². The lowest BCUT2D eigenvalue weighted by Gasteiger charge is -2.13. The molecule has 0 aromatic heterocycles. The van der Waals surface area contributed by atoms with Crippen LogP contribution in [0.5, 0.6) is 11.5 Å². The highest BCUT2D eigenvalue weighted by molar-refractivity contribution is 9.08. The average Bonchev–Trinajstić information content (AvgIpc) is 2.34. The first-order chi connectivity index (χ1) is 8.87. The van der Waals surface area contributed by atoms with E-state index in [-0.39, 0.29) is 12.4 Å². The van der Waals surface area contributed by atoms with Crippen molar-refractivity contribution in [1.82, 2.24) is 0 Å². The Bertz CT molecular complexity index is 531. The van der Waals surface area contributed by atoms with Gasteiger partial charge in [0.05, 0.1) is 24.5 Å². The predicted molar refractivity (Wildman–Crippen MR) is 80.5 cm³/mol. The molecular formula is C12H16BrClO4S. The maximum atomic E-state index is 11.0. The van der Waals surface area contributed by atoms with E-state index in [4.69, 9.17) is 21.1 Å². The van der Waals surface area contributed by atoms with Crippen LogP contribution in [0, 0.1) is 0 Å². The van der Waals surface area contributed by atoms with Crippen molar-refractivity contribution >= 4 is 37.4 Å². The molecule has 0 radical (unpaired) electrons. The Morgan fingerprint density at radius 3 is 2.58 bits per heavy atom. The van der Waals surface area contributed by atoms with Crippen LogP contribution in [-0.2, 0) is 15.2 Å². The number of hydrogen-bond acceptors (Lipinski definition) is 4. The Balaban J connectivity index is 2.72. The molecule has 0 aliphatic heterocycles. The van der Waals surface area contributed by atoms with Gasteiger partial charge in [0.25, 0.3) is 0 Å². The molecule has 1 rings (SSSR count). The average molecular weight is 372 g/mol. The van der Waals surface area contributed by atoms with Gasteiger partial charge in [0, 0.05) is 11.6 Å². The number of halogens is 2. The first kappa shape index (κ1) is 16.6. The van der Waals surface area contributed by atoms with E-state index < -0.39 is 9.84 Å². The molecule has 0 atom stereocenters. The number of hydrogen-bond donors (Lipinski definition) is 0. The molecule has 0 heterocycles. The van der Waals surface area contributed by atoms with Crippen molar-refractivity contribution in [1.29, 1.82) is 0 Å². The van der Waals surface area contributed by atoms with Gasteiger partial charge in [-0.15, -0.1) is 0 Å². The quantitative estimate of drug-likeness (QED) is 0.546. The standard InChI is InChI=1S/C12H16BrClO4S/c1-17-11-7-9(8-13)6-10(14)12(11)18-4-3-5-19(2,15)16/h6-7H,3-5,8H2,1-2H3. The minimum atomic E-state index is -2.97. The molecule has 108 valence electrons. The van der Waals surface area contributed by atoms with Gasteiger partial charge in [-0.2, -0.15) is 0 Å². The summed E-state index contributed by atoms with van der Waals surface area (Å²) in [4.78, 5) is 0. The fraction of sp³-hybridized carbons (Fsp3) is 0.500. The van der Waals surface area contributed by atoms with E-state index in [1.165, 1.54) is 13.4 Å². The molecule has 0 amide bonds. The summed E-state index contributed by atoms with van der Waals surface area (Å²) in [6.07, 6.45) is 1.61. The van der Waals surface area contributed by atoms with Crippen molar-refractivity contribution in [3.63, 3.8) is 0 Å².